The van der Waals surface area contributed by atoms with E-state index in [1.165, 1.54) is 4.88 Å². The predicted molar refractivity (Wildman–Crippen MR) is 91.2 cm³/mol. The van der Waals surface area contributed by atoms with E-state index in [2.05, 4.69) is 58.3 Å². The summed E-state index contributed by atoms with van der Waals surface area (Å²) in [5.74, 6) is -0.770. The van der Waals surface area contributed by atoms with E-state index in [4.69, 9.17) is 5.11 Å². The van der Waals surface area contributed by atoms with Gasteiger partial charge in [0, 0.05) is 27.0 Å². The molecule has 0 fully saturated rings. The highest BCUT2D eigenvalue weighted by Gasteiger charge is 2.20. The van der Waals surface area contributed by atoms with Crippen LogP contribution in [0.3, 0.4) is 0 Å². The molecule has 1 aromatic heterocycles. The molecule has 112 valence electrons. The number of aryl methyl sites for hydroxylation is 1. The molecule has 0 aliphatic rings. The Labute approximate surface area is 137 Å². The molecule has 0 radical (unpaired) electrons. The lowest BCUT2D eigenvalue weighted by molar-refractivity contribution is -0.136. The third kappa shape index (κ3) is 4.08. The lowest BCUT2D eigenvalue weighted by atomic mass is 10.1. The second kappa shape index (κ2) is 7.09. The quantitative estimate of drug-likeness (QED) is 0.792. The molecule has 0 amide bonds. The van der Waals surface area contributed by atoms with E-state index in [1.807, 2.05) is 12.1 Å². The number of hydrogen-bond acceptors (Lipinski definition) is 3. The maximum atomic E-state index is 11.0. The van der Waals surface area contributed by atoms with Crippen molar-refractivity contribution in [3.63, 3.8) is 0 Å². The third-order valence-corrected chi connectivity index (χ3v) is 5.32. The van der Waals surface area contributed by atoms with Gasteiger partial charge in [-0.2, -0.15) is 0 Å². The van der Waals surface area contributed by atoms with Crippen LogP contribution in [-0.4, -0.2) is 17.6 Å². The average molecular weight is 368 g/mol. The Morgan fingerprint density at radius 1 is 1.43 bits per heavy atom. The highest BCUT2D eigenvalue weighted by atomic mass is 79.9. The van der Waals surface area contributed by atoms with Gasteiger partial charge in [0.05, 0.1) is 12.5 Å². The van der Waals surface area contributed by atoms with Crippen molar-refractivity contribution >= 4 is 38.9 Å². The first-order valence-corrected chi connectivity index (χ1v) is 8.44. The summed E-state index contributed by atoms with van der Waals surface area (Å²) in [7, 11) is 0. The number of aliphatic carboxylic acids is 1. The molecule has 2 rings (SSSR count). The number of anilines is 1. The Morgan fingerprint density at radius 2 is 2.14 bits per heavy atom. The van der Waals surface area contributed by atoms with Crippen molar-refractivity contribution in [1.82, 2.24) is 0 Å². The number of nitrogens with zero attached hydrogens (tertiary/aromatic N) is 1. The Bertz CT molecular complexity index is 626. The maximum absolute atomic E-state index is 11.0. The van der Waals surface area contributed by atoms with Gasteiger partial charge in [-0.25, -0.2) is 0 Å². The summed E-state index contributed by atoms with van der Waals surface area (Å²) < 4.78 is 1.07. The summed E-state index contributed by atoms with van der Waals surface area (Å²) in [6, 6.07) is 10.3. The molecule has 21 heavy (non-hydrogen) atoms. The number of carboxylic acid groups (broad SMARTS) is 1. The molecular weight excluding hydrogens is 350 g/mol. The summed E-state index contributed by atoms with van der Waals surface area (Å²) in [6.45, 7) is 4.67. The van der Waals surface area contributed by atoms with Gasteiger partial charge in [0.25, 0.3) is 0 Å². The van der Waals surface area contributed by atoms with E-state index in [9.17, 15) is 4.79 Å². The summed E-state index contributed by atoms with van der Waals surface area (Å²) >= 11 is 5.17. The minimum absolute atomic E-state index is 0.130. The van der Waals surface area contributed by atoms with Gasteiger partial charge >= 0.3 is 5.97 Å². The molecule has 0 aliphatic carbocycles. The summed E-state index contributed by atoms with van der Waals surface area (Å²) in [5.41, 5.74) is 2.25. The minimum Gasteiger partial charge on any atom is -0.481 e. The smallest absolute Gasteiger partial charge is 0.305 e. The molecule has 1 aromatic carbocycles. The molecule has 0 aliphatic heterocycles. The lowest BCUT2D eigenvalue weighted by Crippen LogP contribution is -2.29. The molecule has 0 saturated carbocycles. The van der Waals surface area contributed by atoms with Gasteiger partial charge < -0.3 is 10.0 Å². The van der Waals surface area contributed by atoms with Crippen molar-refractivity contribution in [3.05, 3.63) is 50.6 Å². The van der Waals surface area contributed by atoms with Gasteiger partial charge in [-0.3, -0.25) is 4.79 Å². The molecule has 5 heteroatoms. The van der Waals surface area contributed by atoms with Crippen molar-refractivity contribution in [3.8, 4) is 0 Å². The zero-order valence-corrected chi connectivity index (χ0v) is 14.4. The molecule has 0 bridgehead atoms. The number of halogens is 1. The molecular formula is C16H18BrNO2S. The second-order valence-corrected chi connectivity index (χ2v) is 6.83. The van der Waals surface area contributed by atoms with Crippen LogP contribution in [0.2, 0.25) is 0 Å². The summed E-state index contributed by atoms with van der Waals surface area (Å²) in [5, 5.41) is 11.1. The van der Waals surface area contributed by atoms with Crippen molar-refractivity contribution in [2.24, 2.45) is 0 Å². The van der Waals surface area contributed by atoms with Crippen LogP contribution in [0, 0.1) is 6.92 Å². The third-order valence-electron chi connectivity index (χ3n) is 3.46. The Morgan fingerprint density at radius 3 is 2.71 bits per heavy atom. The Balaban J connectivity index is 2.31. The van der Waals surface area contributed by atoms with Crippen LogP contribution in [-0.2, 0) is 4.79 Å². The topological polar surface area (TPSA) is 40.5 Å². The van der Waals surface area contributed by atoms with E-state index >= 15 is 0 Å². The fourth-order valence-electron chi connectivity index (χ4n) is 2.33. The maximum Gasteiger partial charge on any atom is 0.305 e. The van der Waals surface area contributed by atoms with Crippen LogP contribution in [0.15, 0.2) is 40.2 Å². The van der Waals surface area contributed by atoms with Gasteiger partial charge in [0.15, 0.2) is 0 Å². The van der Waals surface area contributed by atoms with Crippen LogP contribution < -0.4 is 4.90 Å². The van der Waals surface area contributed by atoms with Crippen molar-refractivity contribution in [1.29, 1.82) is 0 Å². The zero-order chi connectivity index (χ0) is 15.4. The van der Waals surface area contributed by atoms with Crippen LogP contribution >= 0.6 is 27.3 Å². The molecule has 2 aromatic rings. The van der Waals surface area contributed by atoms with E-state index in [0.717, 1.165) is 15.7 Å². The fourth-order valence-corrected chi connectivity index (χ4v) is 3.84. The number of hydrogen-bond donors (Lipinski definition) is 1. The normalized spacial score (nSPS) is 12.1. The van der Waals surface area contributed by atoms with Crippen molar-refractivity contribution in [2.75, 3.05) is 11.4 Å². The number of benzene rings is 1. The van der Waals surface area contributed by atoms with Crippen molar-refractivity contribution < 1.29 is 9.90 Å². The molecule has 1 unspecified atom stereocenters. The lowest BCUT2D eigenvalue weighted by Gasteiger charge is -2.31. The van der Waals surface area contributed by atoms with Gasteiger partial charge in [0.2, 0.25) is 0 Å². The Kier molecular flexibility index (Phi) is 5.42. The second-order valence-electron chi connectivity index (χ2n) is 4.97. The van der Waals surface area contributed by atoms with E-state index in [0.29, 0.717) is 6.54 Å². The largest absolute Gasteiger partial charge is 0.481 e. The number of rotatable bonds is 6. The SMILES string of the molecule is Cc1ccccc1N(CCC(=O)O)C(C)c1cc(Br)cs1. The first kappa shape index (κ1) is 16.0. The van der Waals surface area contributed by atoms with Crippen LogP contribution in [0.4, 0.5) is 5.69 Å². The van der Waals surface area contributed by atoms with E-state index in [1.54, 1.807) is 11.3 Å². The van der Waals surface area contributed by atoms with Crippen LogP contribution in [0.1, 0.15) is 29.8 Å². The first-order valence-electron chi connectivity index (χ1n) is 6.77. The average Bonchev–Trinajstić information content (AvgIpc) is 2.87. The number of para-hydroxylation sites is 1. The number of thiophene rings is 1. The zero-order valence-electron chi connectivity index (χ0n) is 12.0. The van der Waals surface area contributed by atoms with Gasteiger partial charge in [-0.05, 0) is 47.5 Å². The van der Waals surface area contributed by atoms with Gasteiger partial charge in [-0.15, -0.1) is 11.3 Å². The predicted octanol–water partition coefficient (Wildman–Crippen LogP) is 4.86. The van der Waals surface area contributed by atoms with Crippen LogP contribution in [0.25, 0.3) is 0 Å². The minimum atomic E-state index is -0.770. The highest BCUT2D eigenvalue weighted by molar-refractivity contribution is 9.10. The molecule has 1 heterocycles. The number of carboxylic acids is 1. The highest BCUT2D eigenvalue weighted by Crippen LogP contribution is 2.33. The van der Waals surface area contributed by atoms with Gasteiger partial charge in [-0.1, -0.05) is 18.2 Å². The number of carbonyl (C=O) groups is 1. The summed E-state index contributed by atoms with van der Waals surface area (Å²) in [6.07, 6.45) is 0.130. The first-order chi connectivity index (χ1) is 9.99. The van der Waals surface area contributed by atoms with E-state index in [-0.39, 0.29) is 12.5 Å². The van der Waals surface area contributed by atoms with Crippen molar-refractivity contribution in [2.45, 2.75) is 26.3 Å². The fraction of sp³-hybridized carbons (Fsp3) is 0.312. The molecule has 0 spiro atoms. The van der Waals surface area contributed by atoms with Gasteiger partial charge in [0.1, 0.15) is 0 Å². The molecule has 1 atom stereocenters. The summed E-state index contributed by atoms with van der Waals surface area (Å²) in [4.78, 5) is 14.3. The monoisotopic (exact) mass is 367 g/mol. The van der Waals surface area contributed by atoms with Crippen LogP contribution in [0.5, 0.6) is 0 Å². The Hall–Kier alpha value is -1.33. The molecule has 3 nitrogen and oxygen atoms in total. The molecule has 1 N–H and O–H groups in total. The standard InChI is InChI=1S/C16H18BrNO2S/c1-11-5-3-4-6-14(11)18(8-7-16(19)20)12(2)15-9-13(17)10-21-15/h3-6,9-10,12H,7-8H2,1-2H3,(H,19,20). The molecule has 0 saturated heterocycles. The van der Waals surface area contributed by atoms with E-state index < -0.39 is 5.97 Å².